The predicted molar refractivity (Wildman–Crippen MR) is 106 cm³/mol. The predicted octanol–water partition coefficient (Wildman–Crippen LogP) is 1.54. The molecule has 0 bridgehead atoms. The van der Waals surface area contributed by atoms with Gasteiger partial charge in [-0.25, -0.2) is 4.98 Å². The van der Waals surface area contributed by atoms with Crippen LogP contribution in [0, 0.1) is 0 Å². The van der Waals surface area contributed by atoms with Crippen LogP contribution >= 0.6 is 0 Å². The van der Waals surface area contributed by atoms with E-state index >= 15 is 0 Å². The molecule has 1 heterocycles. The van der Waals surface area contributed by atoms with Crippen molar-refractivity contribution >= 4 is 40.1 Å². The zero-order valence-electron chi connectivity index (χ0n) is 15.5. The molecule has 0 aliphatic rings. The lowest BCUT2D eigenvalue weighted by Crippen LogP contribution is -2.28. The average molecular weight is 394 g/mol. The molecule has 0 unspecified atom stereocenters. The first-order valence-electron chi connectivity index (χ1n) is 8.69. The summed E-state index contributed by atoms with van der Waals surface area (Å²) in [5.74, 6) is -1.53. The Morgan fingerprint density at radius 1 is 1.03 bits per heavy atom. The lowest BCUT2D eigenvalue weighted by Gasteiger charge is -2.09. The molecule has 2 amide bonds. The molecule has 9 nitrogen and oxygen atoms in total. The van der Waals surface area contributed by atoms with Crippen LogP contribution in [0.25, 0.3) is 10.9 Å². The van der Waals surface area contributed by atoms with Gasteiger partial charge in [0.05, 0.1) is 17.2 Å². The SMILES string of the molecule is CC(=O)Nc1cccc(NC(=O)COC(=O)Cn2cnc3ccccc3c2=O)c1. The van der Waals surface area contributed by atoms with Crippen LogP contribution in [-0.2, 0) is 25.7 Å². The Morgan fingerprint density at radius 2 is 1.76 bits per heavy atom. The summed E-state index contributed by atoms with van der Waals surface area (Å²) in [6.45, 7) is 0.502. The lowest BCUT2D eigenvalue weighted by molar-refractivity contribution is -0.147. The van der Waals surface area contributed by atoms with Crippen molar-refractivity contribution in [3.63, 3.8) is 0 Å². The standard InChI is InChI=1S/C20H18N4O5/c1-13(25)22-14-5-4-6-15(9-14)23-18(26)11-29-19(27)10-24-12-21-17-8-3-2-7-16(17)20(24)28/h2-9,12H,10-11H2,1H3,(H,22,25)(H,23,26). The first-order valence-corrected chi connectivity index (χ1v) is 8.69. The molecule has 0 saturated carbocycles. The van der Waals surface area contributed by atoms with Gasteiger partial charge in [-0.2, -0.15) is 0 Å². The number of para-hydroxylation sites is 1. The fourth-order valence-corrected chi connectivity index (χ4v) is 2.62. The van der Waals surface area contributed by atoms with E-state index in [-0.39, 0.29) is 18.0 Å². The Balaban J connectivity index is 1.56. The van der Waals surface area contributed by atoms with Gasteiger partial charge in [0.25, 0.3) is 11.5 Å². The maximum Gasteiger partial charge on any atom is 0.326 e. The molecule has 0 fully saturated rings. The van der Waals surface area contributed by atoms with Crippen LogP contribution in [-0.4, -0.2) is 33.9 Å². The highest BCUT2D eigenvalue weighted by atomic mass is 16.5. The number of esters is 1. The maximum atomic E-state index is 12.4. The second-order valence-electron chi connectivity index (χ2n) is 6.17. The number of nitrogens with one attached hydrogen (secondary N) is 2. The first kappa shape index (κ1) is 19.7. The minimum atomic E-state index is -0.744. The van der Waals surface area contributed by atoms with E-state index in [0.717, 1.165) is 4.57 Å². The summed E-state index contributed by atoms with van der Waals surface area (Å²) in [6, 6.07) is 13.3. The molecular formula is C20H18N4O5. The summed E-state index contributed by atoms with van der Waals surface area (Å²) >= 11 is 0. The number of carbonyl (C=O) groups excluding carboxylic acids is 3. The summed E-state index contributed by atoms with van der Waals surface area (Å²) in [7, 11) is 0. The second kappa shape index (κ2) is 8.79. The molecule has 3 aromatic rings. The van der Waals surface area contributed by atoms with Gasteiger partial charge in [0, 0.05) is 18.3 Å². The summed E-state index contributed by atoms with van der Waals surface area (Å²) in [4.78, 5) is 51.5. The van der Waals surface area contributed by atoms with Gasteiger partial charge in [-0.3, -0.25) is 23.7 Å². The van der Waals surface area contributed by atoms with E-state index in [1.807, 2.05) is 0 Å². The van der Waals surface area contributed by atoms with E-state index in [1.165, 1.54) is 13.3 Å². The molecule has 29 heavy (non-hydrogen) atoms. The van der Waals surface area contributed by atoms with Crippen LogP contribution in [0.4, 0.5) is 11.4 Å². The fraction of sp³-hybridized carbons (Fsp3) is 0.150. The third kappa shape index (κ3) is 5.25. The Kier molecular flexibility index (Phi) is 5.98. The number of hydrogen-bond acceptors (Lipinski definition) is 6. The highest BCUT2D eigenvalue weighted by Crippen LogP contribution is 2.15. The molecule has 148 valence electrons. The number of amides is 2. The van der Waals surface area contributed by atoms with Crippen molar-refractivity contribution in [1.82, 2.24) is 9.55 Å². The molecule has 0 atom stereocenters. The Morgan fingerprint density at radius 3 is 2.52 bits per heavy atom. The molecule has 0 radical (unpaired) electrons. The number of ether oxygens (including phenoxy) is 1. The van der Waals surface area contributed by atoms with Crippen LogP contribution in [0.3, 0.4) is 0 Å². The molecule has 2 aromatic carbocycles. The van der Waals surface area contributed by atoms with Gasteiger partial charge in [0.1, 0.15) is 6.54 Å². The van der Waals surface area contributed by atoms with Gasteiger partial charge in [-0.15, -0.1) is 0 Å². The van der Waals surface area contributed by atoms with Crippen molar-refractivity contribution in [2.24, 2.45) is 0 Å². The number of benzene rings is 2. The van der Waals surface area contributed by atoms with Crippen LogP contribution in [0.2, 0.25) is 0 Å². The Hall–Kier alpha value is -4.01. The van der Waals surface area contributed by atoms with Crippen molar-refractivity contribution in [1.29, 1.82) is 0 Å². The number of hydrogen-bond donors (Lipinski definition) is 2. The van der Waals surface area contributed by atoms with E-state index in [9.17, 15) is 19.2 Å². The van der Waals surface area contributed by atoms with Crippen molar-refractivity contribution in [3.05, 3.63) is 65.2 Å². The summed E-state index contributed by atoms with van der Waals surface area (Å²) < 4.78 is 6.06. The van der Waals surface area contributed by atoms with Crippen LogP contribution in [0.1, 0.15) is 6.92 Å². The number of carbonyl (C=O) groups is 3. The monoisotopic (exact) mass is 394 g/mol. The van der Waals surface area contributed by atoms with Crippen molar-refractivity contribution < 1.29 is 19.1 Å². The molecule has 0 saturated heterocycles. The van der Waals surface area contributed by atoms with E-state index in [0.29, 0.717) is 22.3 Å². The second-order valence-corrected chi connectivity index (χ2v) is 6.17. The van der Waals surface area contributed by atoms with Gasteiger partial charge in [0.15, 0.2) is 6.61 Å². The van der Waals surface area contributed by atoms with Gasteiger partial charge >= 0.3 is 5.97 Å². The first-order chi connectivity index (χ1) is 13.9. The zero-order chi connectivity index (χ0) is 20.8. The summed E-state index contributed by atoms with van der Waals surface area (Å²) in [5.41, 5.74) is 1.12. The molecule has 0 aliphatic carbocycles. The van der Waals surface area contributed by atoms with E-state index < -0.39 is 18.5 Å². The Labute approximate surface area is 165 Å². The number of nitrogens with zero attached hydrogens (tertiary/aromatic N) is 2. The van der Waals surface area contributed by atoms with Gasteiger partial charge in [-0.05, 0) is 30.3 Å². The Bertz CT molecular complexity index is 1140. The van der Waals surface area contributed by atoms with Crippen LogP contribution in [0.5, 0.6) is 0 Å². The smallest absolute Gasteiger partial charge is 0.326 e. The van der Waals surface area contributed by atoms with Crippen molar-refractivity contribution in [3.8, 4) is 0 Å². The molecular weight excluding hydrogens is 376 g/mol. The molecule has 2 N–H and O–H groups in total. The van der Waals surface area contributed by atoms with Crippen LogP contribution < -0.4 is 16.2 Å². The quantitative estimate of drug-likeness (QED) is 0.612. The van der Waals surface area contributed by atoms with E-state index in [2.05, 4.69) is 15.6 Å². The molecule has 0 aliphatic heterocycles. The summed E-state index contributed by atoms with van der Waals surface area (Å²) in [5, 5.41) is 5.55. The normalized spacial score (nSPS) is 10.4. The summed E-state index contributed by atoms with van der Waals surface area (Å²) in [6.07, 6.45) is 1.26. The molecule has 9 heteroatoms. The molecule has 3 rings (SSSR count). The number of rotatable bonds is 6. The van der Waals surface area contributed by atoms with Gasteiger partial charge < -0.3 is 15.4 Å². The third-order valence-electron chi connectivity index (χ3n) is 3.86. The number of aromatic nitrogens is 2. The largest absolute Gasteiger partial charge is 0.454 e. The highest BCUT2D eigenvalue weighted by molar-refractivity contribution is 5.94. The van der Waals surface area contributed by atoms with E-state index in [4.69, 9.17) is 4.74 Å². The van der Waals surface area contributed by atoms with Gasteiger partial charge in [0.2, 0.25) is 5.91 Å². The molecule has 0 spiro atoms. The third-order valence-corrected chi connectivity index (χ3v) is 3.86. The fourth-order valence-electron chi connectivity index (χ4n) is 2.62. The number of anilines is 2. The van der Waals surface area contributed by atoms with Gasteiger partial charge in [-0.1, -0.05) is 18.2 Å². The molecule has 1 aromatic heterocycles. The minimum Gasteiger partial charge on any atom is -0.454 e. The topological polar surface area (TPSA) is 119 Å². The van der Waals surface area contributed by atoms with Crippen LogP contribution in [0.15, 0.2) is 59.7 Å². The van der Waals surface area contributed by atoms with Crippen molar-refractivity contribution in [2.75, 3.05) is 17.2 Å². The lowest BCUT2D eigenvalue weighted by atomic mass is 10.2. The highest BCUT2D eigenvalue weighted by Gasteiger charge is 2.11. The zero-order valence-corrected chi connectivity index (χ0v) is 15.5. The number of fused-ring (bicyclic) bond motifs is 1. The maximum absolute atomic E-state index is 12.4. The average Bonchev–Trinajstić information content (AvgIpc) is 2.68. The van der Waals surface area contributed by atoms with E-state index in [1.54, 1.807) is 48.5 Å². The minimum absolute atomic E-state index is 0.235. The van der Waals surface area contributed by atoms with Crippen molar-refractivity contribution in [2.45, 2.75) is 13.5 Å².